The highest BCUT2D eigenvalue weighted by atomic mass is 32.2. The van der Waals surface area contributed by atoms with Gasteiger partial charge in [-0.2, -0.15) is 0 Å². The summed E-state index contributed by atoms with van der Waals surface area (Å²) in [5, 5.41) is 6.61. The van der Waals surface area contributed by atoms with Crippen LogP contribution in [0.15, 0.2) is 33.7 Å². The molecule has 0 aliphatic carbocycles. The van der Waals surface area contributed by atoms with E-state index < -0.39 is 15.7 Å². The Morgan fingerprint density at radius 3 is 2.73 bits per heavy atom. The van der Waals surface area contributed by atoms with Crippen molar-refractivity contribution in [1.29, 1.82) is 0 Å². The molecule has 3 aromatic rings. The maximum Gasteiger partial charge on any atom is 0.279 e. The molecule has 0 aliphatic rings. The molecule has 0 bridgehead atoms. The third kappa shape index (κ3) is 2.85. The van der Waals surface area contributed by atoms with Crippen LogP contribution in [-0.4, -0.2) is 30.7 Å². The first-order valence-electron chi connectivity index (χ1n) is 6.18. The van der Waals surface area contributed by atoms with Crippen LogP contribution in [0.25, 0.3) is 10.2 Å². The van der Waals surface area contributed by atoms with E-state index >= 15 is 0 Å². The highest BCUT2D eigenvalue weighted by Crippen LogP contribution is 2.28. The Balaban J connectivity index is 1.90. The fraction of sp³-hybridized carbons (Fsp3) is 0.154. The summed E-state index contributed by atoms with van der Waals surface area (Å²) in [6.07, 6.45) is 1.14. The predicted octanol–water partition coefficient (Wildman–Crippen LogP) is 2.25. The van der Waals surface area contributed by atoms with Gasteiger partial charge in [-0.3, -0.25) is 10.1 Å². The number of fused-ring (bicyclic) bond motifs is 1. The van der Waals surface area contributed by atoms with E-state index in [4.69, 9.17) is 4.52 Å². The van der Waals surface area contributed by atoms with Crippen LogP contribution in [0.3, 0.4) is 0 Å². The second-order valence-electron chi connectivity index (χ2n) is 4.70. The normalized spacial score (nSPS) is 11.7. The van der Waals surface area contributed by atoms with Gasteiger partial charge in [0.2, 0.25) is 0 Å². The molecule has 0 atom stereocenters. The summed E-state index contributed by atoms with van der Waals surface area (Å²) in [5.74, 6) is 0.103. The summed E-state index contributed by atoms with van der Waals surface area (Å²) >= 11 is 1.19. The number of benzene rings is 1. The molecular formula is C13H11N3O4S2. The number of hydrogen-bond donors (Lipinski definition) is 1. The fourth-order valence-electron chi connectivity index (χ4n) is 1.82. The molecule has 114 valence electrons. The SMILES string of the molecule is Cc1cc(C(=O)Nc2nc3ccc(S(C)(=O)=O)cc3s2)no1. The van der Waals surface area contributed by atoms with Crippen LogP contribution < -0.4 is 5.32 Å². The fourth-order valence-corrected chi connectivity index (χ4v) is 3.45. The van der Waals surface area contributed by atoms with Crippen molar-refractivity contribution < 1.29 is 17.7 Å². The molecule has 2 heterocycles. The molecular weight excluding hydrogens is 326 g/mol. The first-order chi connectivity index (χ1) is 10.3. The summed E-state index contributed by atoms with van der Waals surface area (Å²) in [7, 11) is -3.28. The Morgan fingerprint density at radius 1 is 1.32 bits per heavy atom. The maximum absolute atomic E-state index is 12.0. The van der Waals surface area contributed by atoms with Crippen molar-refractivity contribution in [2.75, 3.05) is 11.6 Å². The predicted molar refractivity (Wildman–Crippen MR) is 81.9 cm³/mol. The van der Waals surface area contributed by atoms with Crippen molar-refractivity contribution in [3.8, 4) is 0 Å². The Kier molecular flexibility index (Phi) is 3.45. The number of hydrogen-bond acceptors (Lipinski definition) is 7. The van der Waals surface area contributed by atoms with Crippen LogP contribution in [0.1, 0.15) is 16.2 Å². The minimum absolute atomic E-state index is 0.161. The third-order valence-corrected chi connectivity index (χ3v) is 4.91. The lowest BCUT2D eigenvalue weighted by atomic mass is 10.3. The number of carbonyl (C=O) groups excluding carboxylic acids is 1. The minimum Gasteiger partial charge on any atom is -0.361 e. The van der Waals surface area contributed by atoms with Crippen LogP contribution in [0, 0.1) is 6.92 Å². The highest BCUT2D eigenvalue weighted by Gasteiger charge is 2.15. The molecule has 7 nitrogen and oxygen atoms in total. The Morgan fingerprint density at radius 2 is 2.09 bits per heavy atom. The lowest BCUT2D eigenvalue weighted by molar-refractivity contribution is 0.101. The number of anilines is 1. The zero-order valence-electron chi connectivity index (χ0n) is 11.7. The Bertz CT molecular complexity index is 972. The van der Waals surface area contributed by atoms with Gasteiger partial charge in [-0.25, -0.2) is 13.4 Å². The van der Waals surface area contributed by atoms with Gasteiger partial charge in [0.15, 0.2) is 20.7 Å². The largest absolute Gasteiger partial charge is 0.361 e. The number of carbonyl (C=O) groups is 1. The first-order valence-corrected chi connectivity index (χ1v) is 8.89. The topological polar surface area (TPSA) is 102 Å². The average Bonchev–Trinajstić information content (AvgIpc) is 3.02. The van der Waals surface area contributed by atoms with E-state index in [2.05, 4.69) is 15.5 Å². The molecule has 0 unspecified atom stereocenters. The van der Waals surface area contributed by atoms with Crippen LogP contribution >= 0.6 is 11.3 Å². The zero-order chi connectivity index (χ0) is 15.9. The van der Waals surface area contributed by atoms with Crippen molar-refractivity contribution in [1.82, 2.24) is 10.1 Å². The summed E-state index contributed by atoms with van der Waals surface area (Å²) in [6, 6.07) is 6.16. The van der Waals surface area contributed by atoms with Crippen LogP contribution in [0.5, 0.6) is 0 Å². The number of rotatable bonds is 3. The summed E-state index contributed by atoms with van der Waals surface area (Å²) in [4.78, 5) is 16.4. The maximum atomic E-state index is 12.0. The van der Waals surface area contributed by atoms with E-state index in [9.17, 15) is 13.2 Å². The summed E-state index contributed by atoms with van der Waals surface area (Å²) < 4.78 is 28.6. The smallest absolute Gasteiger partial charge is 0.279 e. The summed E-state index contributed by atoms with van der Waals surface area (Å²) in [5.41, 5.74) is 0.776. The van der Waals surface area contributed by atoms with Gasteiger partial charge in [-0.15, -0.1) is 0 Å². The van der Waals surface area contributed by atoms with E-state index in [0.717, 1.165) is 6.26 Å². The number of aryl methyl sites for hydroxylation is 1. The summed E-state index contributed by atoms with van der Waals surface area (Å²) in [6.45, 7) is 1.69. The van der Waals surface area contributed by atoms with Crippen LogP contribution in [-0.2, 0) is 9.84 Å². The molecule has 0 saturated heterocycles. The lowest BCUT2D eigenvalue weighted by Gasteiger charge is -1.96. The van der Waals surface area contributed by atoms with E-state index in [-0.39, 0.29) is 10.6 Å². The van der Waals surface area contributed by atoms with E-state index in [1.807, 2.05) is 0 Å². The van der Waals surface area contributed by atoms with Gasteiger partial charge in [0.25, 0.3) is 5.91 Å². The van der Waals surface area contributed by atoms with Crippen molar-refractivity contribution in [3.05, 3.63) is 35.7 Å². The number of nitrogens with zero attached hydrogens (tertiary/aromatic N) is 2. The average molecular weight is 337 g/mol. The molecule has 3 rings (SSSR count). The van der Waals surface area contributed by atoms with Crippen LogP contribution in [0.4, 0.5) is 5.13 Å². The van der Waals surface area contributed by atoms with Gasteiger partial charge in [-0.05, 0) is 25.1 Å². The van der Waals surface area contributed by atoms with Crippen molar-refractivity contribution in [3.63, 3.8) is 0 Å². The first kappa shape index (κ1) is 14.7. The molecule has 22 heavy (non-hydrogen) atoms. The third-order valence-electron chi connectivity index (χ3n) is 2.87. The van der Waals surface area contributed by atoms with Gasteiger partial charge < -0.3 is 4.52 Å². The number of thiazole rings is 1. The van der Waals surface area contributed by atoms with Gasteiger partial charge in [0.05, 0.1) is 15.1 Å². The van der Waals surface area contributed by atoms with Gasteiger partial charge in [0.1, 0.15) is 5.76 Å². The second kappa shape index (κ2) is 5.18. The molecule has 0 saturated carbocycles. The quantitative estimate of drug-likeness (QED) is 0.786. The number of amides is 1. The zero-order valence-corrected chi connectivity index (χ0v) is 13.3. The molecule has 2 aromatic heterocycles. The molecule has 1 N–H and O–H groups in total. The Labute approximate surface area is 129 Å². The van der Waals surface area contributed by atoms with Crippen molar-refractivity contribution >= 4 is 42.4 Å². The number of aromatic nitrogens is 2. The number of nitrogens with one attached hydrogen (secondary N) is 1. The van der Waals surface area contributed by atoms with E-state index in [1.165, 1.54) is 29.5 Å². The standard InChI is InChI=1S/C13H11N3O4S2/c1-7-5-10(16-20-7)12(17)15-13-14-9-4-3-8(22(2,18)19)6-11(9)21-13/h3-6H,1-2H3,(H,14,15,17). The molecule has 0 fully saturated rings. The highest BCUT2D eigenvalue weighted by molar-refractivity contribution is 7.90. The van der Waals surface area contributed by atoms with Gasteiger partial charge >= 0.3 is 0 Å². The monoisotopic (exact) mass is 337 g/mol. The second-order valence-corrected chi connectivity index (χ2v) is 7.74. The van der Waals surface area contributed by atoms with Crippen LogP contribution in [0.2, 0.25) is 0 Å². The molecule has 0 aliphatic heterocycles. The number of sulfone groups is 1. The lowest BCUT2D eigenvalue weighted by Crippen LogP contribution is -2.11. The van der Waals surface area contributed by atoms with Gasteiger partial charge in [0, 0.05) is 12.3 Å². The Hall–Kier alpha value is -2.26. The van der Waals surface area contributed by atoms with Crippen molar-refractivity contribution in [2.45, 2.75) is 11.8 Å². The van der Waals surface area contributed by atoms with Gasteiger partial charge in [-0.1, -0.05) is 16.5 Å². The minimum atomic E-state index is -3.28. The van der Waals surface area contributed by atoms with E-state index in [1.54, 1.807) is 13.0 Å². The molecule has 9 heteroatoms. The van der Waals surface area contributed by atoms with E-state index in [0.29, 0.717) is 21.1 Å². The molecule has 1 aromatic carbocycles. The molecule has 0 spiro atoms. The molecule has 1 amide bonds. The molecule has 0 radical (unpaired) electrons. The van der Waals surface area contributed by atoms with Crippen molar-refractivity contribution in [2.24, 2.45) is 0 Å².